The van der Waals surface area contributed by atoms with Gasteiger partial charge in [-0.15, -0.1) is 0 Å². The van der Waals surface area contributed by atoms with Crippen LogP contribution in [-0.2, 0) is 16.1 Å². The molecule has 1 amide bonds. The van der Waals surface area contributed by atoms with Gasteiger partial charge in [0.15, 0.2) is 6.29 Å². The second kappa shape index (κ2) is 13.9. The van der Waals surface area contributed by atoms with Crippen LogP contribution in [0.2, 0.25) is 0 Å². The van der Waals surface area contributed by atoms with Gasteiger partial charge >= 0.3 is 0 Å². The normalized spacial score (nSPS) is 21.9. The lowest BCUT2D eigenvalue weighted by molar-refractivity contribution is -0.276. The largest absolute Gasteiger partial charge is 0.392 e. The number of aromatic nitrogens is 4. The average Bonchev–Trinajstić information content (AvgIpc) is 3.13. The van der Waals surface area contributed by atoms with E-state index in [2.05, 4.69) is 42.0 Å². The summed E-state index contributed by atoms with van der Waals surface area (Å²) in [6.07, 6.45) is 4.02. The van der Waals surface area contributed by atoms with Crippen LogP contribution in [0.5, 0.6) is 0 Å². The molecule has 2 saturated heterocycles. The number of amides is 1. The van der Waals surface area contributed by atoms with E-state index in [4.69, 9.17) is 9.47 Å². The number of ether oxygens (including phenoxy) is 2. The molecule has 0 spiro atoms. The Labute approximate surface area is 273 Å². The second-order valence-electron chi connectivity index (χ2n) is 12.0. The molecule has 2 aliphatic rings. The first-order valence-electron chi connectivity index (χ1n) is 15.9. The third-order valence-corrected chi connectivity index (χ3v) is 8.87. The van der Waals surface area contributed by atoms with Crippen LogP contribution >= 0.6 is 0 Å². The third-order valence-electron chi connectivity index (χ3n) is 8.87. The average molecular weight is 632 g/mol. The minimum atomic E-state index is -0.657. The number of nitrogens with zero attached hydrogens (tertiary/aromatic N) is 6. The Morgan fingerprint density at radius 2 is 1.64 bits per heavy atom. The SMILES string of the molecule is C[C@H]1[C@@H](CN2CCN(c3ncccn3)CC2)O[C@@H](c2cccc(NC(=O)c3cnc4ccccc4n3)c2)O[C@H]1c1ccc(CO)cc1. The van der Waals surface area contributed by atoms with Crippen molar-refractivity contribution in [2.24, 2.45) is 5.92 Å². The highest BCUT2D eigenvalue weighted by Crippen LogP contribution is 2.42. The molecule has 47 heavy (non-hydrogen) atoms. The standard InChI is InChI=1S/C36H37N7O4/c1-24-32(22-42-16-18-43(19-17-42)36-37-14-5-15-38-36)46-35(47-33(24)26-12-10-25(23-44)11-13-26)27-6-4-7-28(20-27)40-34(45)31-21-39-29-8-2-3-9-30(29)41-31/h2-15,20-21,24,32-33,35,44H,16-19,22-23H2,1H3,(H,40,45)/t24-,32+,33+,35+/m0/s1. The number of rotatable bonds is 8. The number of hydrogen-bond donors (Lipinski definition) is 2. The first kappa shape index (κ1) is 30.8. The van der Waals surface area contributed by atoms with Gasteiger partial charge in [0.2, 0.25) is 5.95 Å². The summed E-state index contributed by atoms with van der Waals surface area (Å²) in [4.78, 5) is 35.5. The van der Waals surface area contributed by atoms with E-state index < -0.39 is 6.29 Å². The van der Waals surface area contributed by atoms with E-state index in [1.807, 2.05) is 78.9 Å². The van der Waals surface area contributed by atoms with Gasteiger partial charge in [0.1, 0.15) is 5.69 Å². The maximum absolute atomic E-state index is 13.2. The molecule has 2 aliphatic heterocycles. The lowest BCUT2D eigenvalue weighted by atomic mass is 9.90. The summed E-state index contributed by atoms with van der Waals surface area (Å²) in [5, 5.41) is 12.6. The van der Waals surface area contributed by atoms with Crippen LogP contribution in [0.1, 0.15) is 46.5 Å². The van der Waals surface area contributed by atoms with Crippen LogP contribution < -0.4 is 10.2 Å². The fraction of sp³-hybridized carbons (Fsp3) is 0.306. The number of piperazine rings is 1. The van der Waals surface area contributed by atoms with Crippen LogP contribution in [0, 0.1) is 5.92 Å². The van der Waals surface area contributed by atoms with Gasteiger partial charge in [0.25, 0.3) is 5.91 Å². The number of carbonyl (C=O) groups is 1. The predicted octanol–water partition coefficient (Wildman–Crippen LogP) is 4.78. The van der Waals surface area contributed by atoms with Crippen LogP contribution in [-0.4, -0.2) is 74.7 Å². The van der Waals surface area contributed by atoms with Gasteiger partial charge in [0, 0.05) is 62.3 Å². The molecule has 2 aromatic heterocycles. The van der Waals surface area contributed by atoms with Gasteiger partial charge in [-0.3, -0.25) is 14.7 Å². The molecule has 0 aliphatic carbocycles. The fourth-order valence-electron chi connectivity index (χ4n) is 6.19. The molecule has 0 saturated carbocycles. The number of nitrogens with one attached hydrogen (secondary N) is 1. The fourth-order valence-corrected chi connectivity index (χ4v) is 6.19. The Bertz CT molecular complexity index is 1820. The quantitative estimate of drug-likeness (QED) is 0.247. The van der Waals surface area contributed by atoms with Crippen molar-refractivity contribution in [2.45, 2.75) is 32.0 Å². The first-order valence-corrected chi connectivity index (χ1v) is 15.9. The maximum Gasteiger partial charge on any atom is 0.275 e. The van der Waals surface area contributed by atoms with Gasteiger partial charge < -0.3 is 24.8 Å². The molecule has 2 N–H and O–H groups in total. The second-order valence-corrected chi connectivity index (χ2v) is 12.0. The molecular weight excluding hydrogens is 594 g/mol. The molecule has 4 heterocycles. The van der Waals surface area contributed by atoms with Crippen molar-refractivity contribution in [2.75, 3.05) is 42.9 Å². The zero-order valence-electron chi connectivity index (χ0n) is 26.1. The van der Waals surface area contributed by atoms with E-state index in [0.717, 1.165) is 60.9 Å². The van der Waals surface area contributed by atoms with E-state index in [1.54, 1.807) is 12.4 Å². The topological polar surface area (TPSA) is 126 Å². The minimum Gasteiger partial charge on any atom is -0.392 e. The van der Waals surface area contributed by atoms with Crippen LogP contribution in [0.3, 0.4) is 0 Å². The molecule has 0 unspecified atom stereocenters. The molecule has 2 fully saturated rings. The summed E-state index contributed by atoms with van der Waals surface area (Å²) >= 11 is 0. The number of benzene rings is 3. The zero-order chi connectivity index (χ0) is 32.2. The summed E-state index contributed by atoms with van der Waals surface area (Å²) < 4.78 is 13.4. The molecule has 4 atom stereocenters. The van der Waals surface area contributed by atoms with Gasteiger partial charge in [-0.25, -0.2) is 15.0 Å². The smallest absolute Gasteiger partial charge is 0.275 e. The third kappa shape index (κ3) is 6.98. The van der Waals surface area contributed by atoms with Crippen molar-refractivity contribution in [1.29, 1.82) is 0 Å². The Kier molecular flexibility index (Phi) is 9.11. The molecule has 11 heteroatoms. The molecule has 7 rings (SSSR count). The highest BCUT2D eigenvalue weighted by Gasteiger charge is 2.39. The lowest BCUT2D eigenvalue weighted by Gasteiger charge is -2.44. The summed E-state index contributed by atoms with van der Waals surface area (Å²) in [7, 11) is 0. The molecule has 240 valence electrons. The minimum absolute atomic E-state index is 0.0149. The van der Waals surface area contributed by atoms with Crippen molar-refractivity contribution in [3.63, 3.8) is 0 Å². The van der Waals surface area contributed by atoms with Gasteiger partial charge in [0.05, 0.1) is 36.0 Å². The van der Waals surface area contributed by atoms with Crippen molar-refractivity contribution in [3.05, 3.63) is 120 Å². The van der Waals surface area contributed by atoms with Crippen molar-refractivity contribution < 1.29 is 19.4 Å². The van der Waals surface area contributed by atoms with Crippen molar-refractivity contribution >= 4 is 28.6 Å². The summed E-state index contributed by atoms with van der Waals surface area (Å²) in [5.41, 5.74) is 4.90. The number of fused-ring (bicyclic) bond motifs is 1. The summed E-state index contributed by atoms with van der Waals surface area (Å²) in [6, 6.07) is 24.7. The number of aliphatic hydroxyl groups is 1. The molecule has 5 aromatic rings. The van der Waals surface area contributed by atoms with Crippen molar-refractivity contribution in [3.8, 4) is 0 Å². The molecule has 3 aromatic carbocycles. The first-order chi connectivity index (χ1) is 23.0. The molecule has 0 radical (unpaired) electrons. The number of para-hydroxylation sites is 2. The molecule has 0 bridgehead atoms. The van der Waals surface area contributed by atoms with E-state index >= 15 is 0 Å². The summed E-state index contributed by atoms with van der Waals surface area (Å²) in [6.45, 7) is 6.30. The van der Waals surface area contributed by atoms with E-state index in [-0.39, 0.29) is 36.3 Å². The Morgan fingerprint density at radius 3 is 2.40 bits per heavy atom. The van der Waals surface area contributed by atoms with Gasteiger partial charge in [-0.05, 0) is 41.5 Å². The monoisotopic (exact) mass is 631 g/mol. The highest BCUT2D eigenvalue weighted by molar-refractivity contribution is 6.03. The Balaban J connectivity index is 1.09. The number of anilines is 2. The molecule has 11 nitrogen and oxygen atoms in total. The highest BCUT2D eigenvalue weighted by atomic mass is 16.7. The van der Waals surface area contributed by atoms with Gasteiger partial charge in [-0.1, -0.05) is 55.5 Å². The predicted molar refractivity (Wildman–Crippen MR) is 178 cm³/mol. The van der Waals surface area contributed by atoms with Gasteiger partial charge in [-0.2, -0.15) is 0 Å². The van der Waals surface area contributed by atoms with E-state index in [0.29, 0.717) is 11.2 Å². The number of hydrogen-bond acceptors (Lipinski definition) is 10. The lowest BCUT2D eigenvalue weighted by Crippen LogP contribution is -2.51. The van der Waals surface area contributed by atoms with Crippen LogP contribution in [0.15, 0.2) is 97.5 Å². The maximum atomic E-state index is 13.2. The van der Waals surface area contributed by atoms with E-state index in [1.165, 1.54) is 6.20 Å². The van der Waals surface area contributed by atoms with Crippen molar-refractivity contribution in [1.82, 2.24) is 24.8 Å². The number of aliphatic hydroxyl groups excluding tert-OH is 1. The van der Waals surface area contributed by atoms with Crippen LogP contribution in [0.4, 0.5) is 11.6 Å². The zero-order valence-corrected chi connectivity index (χ0v) is 26.1. The number of carbonyl (C=O) groups excluding carboxylic acids is 1. The van der Waals surface area contributed by atoms with E-state index in [9.17, 15) is 9.90 Å². The summed E-state index contributed by atoms with van der Waals surface area (Å²) in [5.74, 6) is 0.462. The Hall–Kier alpha value is -4.81. The molecular formula is C36H37N7O4. The van der Waals surface area contributed by atoms with Crippen LogP contribution in [0.25, 0.3) is 11.0 Å². The Morgan fingerprint density at radius 1 is 0.872 bits per heavy atom.